The summed E-state index contributed by atoms with van der Waals surface area (Å²) >= 11 is 0. The summed E-state index contributed by atoms with van der Waals surface area (Å²) in [6.07, 6.45) is 0. The molecule has 4 aliphatic rings. The summed E-state index contributed by atoms with van der Waals surface area (Å²) in [5, 5.41) is 4.16. The summed E-state index contributed by atoms with van der Waals surface area (Å²) in [6.45, 7) is 21.2. The van der Waals surface area contributed by atoms with Crippen LogP contribution in [0.3, 0.4) is 0 Å². The maximum atomic E-state index is 14.7. The number of carbonyl (C=O) groups is 8. The van der Waals surface area contributed by atoms with Crippen LogP contribution in [0, 0.1) is 23.7 Å². The Labute approximate surface area is 427 Å². The normalized spacial score (nSPS) is 15.7. The van der Waals surface area contributed by atoms with E-state index in [-0.39, 0.29) is 77.2 Å². The van der Waals surface area contributed by atoms with Crippen molar-refractivity contribution in [2.75, 3.05) is 0 Å². The number of amides is 8. The Morgan fingerprint density at radius 2 is 0.581 bits per heavy atom. The Morgan fingerprint density at radius 3 is 0.905 bits per heavy atom. The van der Waals surface area contributed by atoms with Crippen LogP contribution in [0.5, 0.6) is 0 Å². The first kappa shape index (κ1) is 47.6. The van der Waals surface area contributed by atoms with E-state index < -0.39 is 69.4 Å². The molecule has 0 atom stereocenters. The van der Waals surface area contributed by atoms with E-state index in [0.29, 0.717) is 11.1 Å². The van der Waals surface area contributed by atoms with Crippen molar-refractivity contribution in [1.82, 2.24) is 19.6 Å². The first-order valence-corrected chi connectivity index (χ1v) is 24.4. The second kappa shape index (κ2) is 15.4. The number of nitrogens with zero attached hydrogens (tertiary/aromatic N) is 4. The standard InChI is InChI=1S/C62H50N4O8/c1-59(2,3)63-51(67)37-23-25-39-49-45(57(73)65(53(39)69)61(7,8)9)35(28-43(47(37)49)55(63)71)21-19-31-15-13-17-33-27-34-18-14-16-32(42(34)30-41(31)33)20-22-36-29-44-48-38(52(68)64(56(44)72)60(4,5)6)24-26-40-50(48)46(36)58(74)66(54(40)70)62(10,11)12/h13-18,23-30H,1-12H3. The van der Waals surface area contributed by atoms with Crippen LogP contribution in [0.15, 0.2) is 84.9 Å². The predicted molar refractivity (Wildman–Crippen MR) is 282 cm³/mol. The van der Waals surface area contributed by atoms with Crippen LogP contribution < -0.4 is 0 Å². The summed E-state index contributed by atoms with van der Waals surface area (Å²) in [6, 6.07) is 24.7. The average Bonchev–Trinajstić information content (AvgIpc) is 3.31. The molecule has 11 rings (SSSR count). The maximum absolute atomic E-state index is 14.7. The first-order chi connectivity index (χ1) is 34.6. The third-order valence-electron chi connectivity index (χ3n) is 14.2. The van der Waals surface area contributed by atoms with Gasteiger partial charge in [-0.1, -0.05) is 47.9 Å². The van der Waals surface area contributed by atoms with Crippen LogP contribution >= 0.6 is 0 Å². The maximum Gasteiger partial charge on any atom is 0.263 e. The number of rotatable bonds is 0. The van der Waals surface area contributed by atoms with Crippen LogP contribution in [0.25, 0.3) is 43.1 Å². The highest BCUT2D eigenvalue weighted by molar-refractivity contribution is 6.36. The minimum absolute atomic E-state index is 0.133. The lowest BCUT2D eigenvalue weighted by atomic mass is 9.81. The van der Waals surface area contributed by atoms with Gasteiger partial charge in [0.2, 0.25) is 0 Å². The van der Waals surface area contributed by atoms with Gasteiger partial charge in [-0.05, 0) is 165 Å². The van der Waals surface area contributed by atoms with E-state index in [4.69, 9.17) is 0 Å². The SMILES string of the molecule is CC(C)(C)N1C(=O)c2ccc3c4c(c(C#Cc5cccc6cc7cccc(C#Cc8cc9c%10c(ccc%11c%10c8C(=O)N(C(C)(C)C)C%11=O)C(=O)N(C(C)(C)C)C9=O)c7cc56)cc(c24)C1=O)C(=O)N(C(C)(C)C)C3=O. The Bertz CT molecular complexity index is 3830. The van der Waals surface area contributed by atoms with Gasteiger partial charge in [0.15, 0.2) is 0 Å². The second-order valence-electron chi connectivity index (χ2n) is 23.4. The van der Waals surface area contributed by atoms with Crippen LogP contribution in [0.1, 0.15) is 188 Å². The van der Waals surface area contributed by atoms with Crippen LogP contribution in [-0.2, 0) is 0 Å². The number of carbonyl (C=O) groups excluding carboxylic acids is 8. The van der Waals surface area contributed by atoms with Crippen LogP contribution in [-0.4, -0.2) is 89.0 Å². The van der Waals surface area contributed by atoms with E-state index in [1.54, 1.807) is 119 Å². The molecule has 0 spiro atoms. The minimum atomic E-state index is -0.926. The molecule has 0 aliphatic carbocycles. The van der Waals surface area contributed by atoms with E-state index >= 15 is 0 Å². The van der Waals surface area contributed by atoms with Gasteiger partial charge in [0.05, 0.1) is 11.1 Å². The molecule has 0 fully saturated rings. The summed E-state index contributed by atoms with van der Waals surface area (Å²) < 4.78 is 0. The molecule has 0 radical (unpaired) electrons. The second-order valence-corrected chi connectivity index (χ2v) is 23.4. The number of imide groups is 4. The molecule has 74 heavy (non-hydrogen) atoms. The summed E-state index contributed by atoms with van der Waals surface area (Å²) in [4.78, 5) is 119. The molecule has 12 heteroatoms. The zero-order valence-electron chi connectivity index (χ0n) is 43.1. The highest BCUT2D eigenvalue weighted by atomic mass is 16.2. The summed E-state index contributed by atoms with van der Waals surface area (Å²) in [7, 11) is 0. The molecular weight excluding hydrogens is 929 g/mol. The van der Waals surface area contributed by atoms with Crippen LogP contribution in [0.4, 0.5) is 0 Å². The molecule has 0 N–H and O–H groups in total. The van der Waals surface area contributed by atoms with Crippen molar-refractivity contribution in [2.24, 2.45) is 0 Å². The first-order valence-electron chi connectivity index (χ1n) is 24.4. The van der Waals surface area contributed by atoms with Crippen molar-refractivity contribution >= 4 is 90.3 Å². The molecule has 4 heterocycles. The van der Waals surface area contributed by atoms with Gasteiger partial charge in [0.1, 0.15) is 0 Å². The van der Waals surface area contributed by atoms with Gasteiger partial charge in [0.25, 0.3) is 47.3 Å². The van der Waals surface area contributed by atoms with Gasteiger partial charge in [-0.3, -0.25) is 58.0 Å². The van der Waals surface area contributed by atoms with Crippen LogP contribution in [0.2, 0.25) is 0 Å². The van der Waals surface area contributed by atoms with Crippen molar-refractivity contribution < 1.29 is 38.4 Å². The molecule has 0 bridgehead atoms. The zero-order chi connectivity index (χ0) is 53.2. The monoisotopic (exact) mass is 978 g/mol. The lowest BCUT2D eigenvalue weighted by molar-refractivity contribution is 0.0435. The Morgan fingerprint density at radius 1 is 0.297 bits per heavy atom. The highest BCUT2D eigenvalue weighted by Crippen LogP contribution is 2.44. The van der Waals surface area contributed by atoms with E-state index in [1.165, 1.54) is 19.6 Å². The molecule has 0 saturated heterocycles. The predicted octanol–water partition coefficient (Wildman–Crippen LogP) is 10.7. The van der Waals surface area contributed by atoms with Gasteiger partial charge >= 0.3 is 0 Å². The molecule has 8 amide bonds. The quantitative estimate of drug-likeness (QED) is 0.0828. The molecule has 0 saturated carbocycles. The fraction of sp³-hybridized carbons (Fsp3) is 0.258. The van der Waals surface area contributed by atoms with Crippen molar-refractivity contribution in [1.29, 1.82) is 0 Å². The molecule has 4 aliphatic heterocycles. The Balaban J connectivity index is 1.11. The van der Waals surface area contributed by atoms with Gasteiger partial charge in [-0.25, -0.2) is 0 Å². The molecular formula is C62H50N4O8. The molecule has 0 unspecified atom stereocenters. The molecule has 0 aromatic heterocycles. The smallest absolute Gasteiger partial charge is 0.263 e. The number of fused-ring (bicyclic) bond motifs is 2. The van der Waals surface area contributed by atoms with E-state index in [1.807, 2.05) is 48.5 Å². The number of hydrogen-bond acceptors (Lipinski definition) is 8. The van der Waals surface area contributed by atoms with E-state index in [2.05, 4.69) is 23.7 Å². The van der Waals surface area contributed by atoms with E-state index in [0.717, 1.165) is 21.5 Å². The van der Waals surface area contributed by atoms with Crippen molar-refractivity contribution in [3.05, 3.63) is 152 Å². The summed E-state index contributed by atoms with van der Waals surface area (Å²) in [5.74, 6) is 8.75. The van der Waals surface area contributed by atoms with Gasteiger partial charge in [-0.15, -0.1) is 0 Å². The third-order valence-corrected chi connectivity index (χ3v) is 14.2. The van der Waals surface area contributed by atoms with Gasteiger partial charge in [0, 0.05) is 99.3 Å². The zero-order valence-corrected chi connectivity index (χ0v) is 43.1. The lowest BCUT2D eigenvalue weighted by Crippen LogP contribution is -2.53. The van der Waals surface area contributed by atoms with Gasteiger partial charge in [-0.2, -0.15) is 0 Å². The molecule has 7 aromatic rings. The third kappa shape index (κ3) is 6.70. The Hall–Kier alpha value is -8.74. The van der Waals surface area contributed by atoms with E-state index in [9.17, 15) is 38.4 Å². The minimum Gasteiger partial charge on any atom is -0.269 e. The Kier molecular flexibility index (Phi) is 9.90. The highest BCUT2D eigenvalue weighted by Gasteiger charge is 2.48. The summed E-state index contributed by atoms with van der Waals surface area (Å²) in [5.41, 5.74) is -0.577. The number of benzene rings is 7. The van der Waals surface area contributed by atoms with Crippen molar-refractivity contribution in [2.45, 2.75) is 105 Å². The molecule has 7 aromatic carbocycles. The fourth-order valence-corrected chi connectivity index (χ4v) is 11.1. The van der Waals surface area contributed by atoms with Crippen molar-refractivity contribution in [3.63, 3.8) is 0 Å². The fourth-order valence-electron chi connectivity index (χ4n) is 11.1. The average molecular weight is 979 g/mol. The van der Waals surface area contributed by atoms with Crippen molar-refractivity contribution in [3.8, 4) is 23.7 Å². The largest absolute Gasteiger partial charge is 0.269 e. The number of hydrogen-bond donors (Lipinski definition) is 0. The topological polar surface area (TPSA) is 150 Å². The molecule has 12 nitrogen and oxygen atoms in total. The lowest BCUT2D eigenvalue weighted by Gasteiger charge is -2.40. The van der Waals surface area contributed by atoms with Gasteiger partial charge < -0.3 is 0 Å². The molecule has 366 valence electrons.